The normalized spacial score (nSPS) is 17.7. The van der Waals surface area contributed by atoms with Crippen LogP contribution in [0.5, 0.6) is 0 Å². The molecule has 1 atom stereocenters. The van der Waals surface area contributed by atoms with Crippen molar-refractivity contribution in [3.8, 4) is 0 Å². The largest absolute Gasteiger partial charge is 0.395 e. The zero-order valence-corrected chi connectivity index (χ0v) is 9.02. The predicted octanol–water partition coefficient (Wildman–Crippen LogP) is 1.59. The summed E-state index contributed by atoms with van der Waals surface area (Å²) in [5.74, 6) is 0.870. The fraction of sp³-hybridized carbons (Fsp3) is 0.538. The Labute approximate surface area is 91.3 Å². The number of nitrogens with one attached hydrogen (secondary N) is 1. The van der Waals surface area contributed by atoms with E-state index in [9.17, 15) is 5.11 Å². The van der Waals surface area contributed by atoms with Crippen molar-refractivity contribution in [3.05, 3.63) is 35.9 Å². The van der Waals surface area contributed by atoms with E-state index in [2.05, 4.69) is 17.4 Å². The van der Waals surface area contributed by atoms with E-state index < -0.39 is 0 Å². The maximum atomic E-state index is 9.26. The molecule has 15 heavy (non-hydrogen) atoms. The molecule has 1 aliphatic carbocycles. The molecule has 1 fully saturated rings. The molecule has 2 nitrogen and oxygen atoms in total. The highest BCUT2D eigenvalue weighted by atomic mass is 16.3. The molecule has 1 unspecified atom stereocenters. The second kappa shape index (κ2) is 5.29. The summed E-state index contributed by atoms with van der Waals surface area (Å²) < 4.78 is 0. The molecular weight excluding hydrogens is 186 g/mol. The maximum absolute atomic E-state index is 9.26. The molecule has 1 saturated carbocycles. The van der Waals surface area contributed by atoms with Gasteiger partial charge in [0.15, 0.2) is 0 Å². The minimum atomic E-state index is 0.216. The van der Waals surface area contributed by atoms with Crippen molar-refractivity contribution in [2.24, 2.45) is 5.92 Å². The Kier molecular flexibility index (Phi) is 3.75. The number of hydrogen-bond acceptors (Lipinski definition) is 2. The van der Waals surface area contributed by atoms with Crippen LogP contribution in [0.1, 0.15) is 18.4 Å². The lowest BCUT2D eigenvalue weighted by atomic mass is 10.1. The monoisotopic (exact) mass is 205 g/mol. The summed E-state index contributed by atoms with van der Waals surface area (Å²) in [6.45, 7) is 1.29. The number of aliphatic hydroxyl groups excluding tert-OH is 1. The van der Waals surface area contributed by atoms with Crippen molar-refractivity contribution in [1.29, 1.82) is 0 Å². The third kappa shape index (κ3) is 3.65. The summed E-state index contributed by atoms with van der Waals surface area (Å²) in [7, 11) is 0. The standard InChI is InChI=1S/C13H19NO/c15-10-13(14-9-12-6-7-12)8-11-4-2-1-3-5-11/h1-5,12-15H,6-10H2. The summed E-state index contributed by atoms with van der Waals surface area (Å²) in [5.41, 5.74) is 1.29. The molecule has 0 spiro atoms. The lowest BCUT2D eigenvalue weighted by Gasteiger charge is -2.15. The second-order valence-electron chi connectivity index (χ2n) is 4.42. The van der Waals surface area contributed by atoms with Gasteiger partial charge < -0.3 is 10.4 Å². The quantitative estimate of drug-likeness (QED) is 0.739. The summed E-state index contributed by atoms with van der Waals surface area (Å²) >= 11 is 0. The fourth-order valence-corrected chi connectivity index (χ4v) is 1.76. The van der Waals surface area contributed by atoms with Crippen LogP contribution in [0.15, 0.2) is 30.3 Å². The molecule has 82 valence electrons. The Balaban J connectivity index is 1.78. The zero-order chi connectivity index (χ0) is 10.5. The van der Waals surface area contributed by atoms with E-state index >= 15 is 0 Å². The zero-order valence-electron chi connectivity index (χ0n) is 9.02. The van der Waals surface area contributed by atoms with Crippen LogP contribution >= 0.6 is 0 Å². The van der Waals surface area contributed by atoms with Crippen LogP contribution in [0, 0.1) is 5.92 Å². The highest BCUT2D eigenvalue weighted by molar-refractivity contribution is 5.15. The Hall–Kier alpha value is -0.860. The molecule has 1 aliphatic rings. The van der Waals surface area contributed by atoms with Crippen molar-refractivity contribution in [2.75, 3.05) is 13.2 Å². The van der Waals surface area contributed by atoms with E-state index in [0.29, 0.717) is 0 Å². The third-order valence-corrected chi connectivity index (χ3v) is 2.94. The van der Waals surface area contributed by atoms with Gasteiger partial charge in [0.25, 0.3) is 0 Å². The van der Waals surface area contributed by atoms with Crippen molar-refractivity contribution in [1.82, 2.24) is 5.32 Å². The van der Waals surface area contributed by atoms with Crippen molar-refractivity contribution in [3.63, 3.8) is 0 Å². The van der Waals surface area contributed by atoms with Crippen molar-refractivity contribution >= 4 is 0 Å². The molecule has 1 aromatic rings. The van der Waals surface area contributed by atoms with Crippen LogP contribution in [0.3, 0.4) is 0 Å². The van der Waals surface area contributed by atoms with E-state index in [0.717, 1.165) is 18.9 Å². The summed E-state index contributed by atoms with van der Waals surface area (Å²) in [6.07, 6.45) is 3.64. The summed E-state index contributed by atoms with van der Waals surface area (Å²) in [6, 6.07) is 10.6. The van der Waals surface area contributed by atoms with Crippen LogP contribution in [0.2, 0.25) is 0 Å². The van der Waals surface area contributed by atoms with Gasteiger partial charge in [-0.3, -0.25) is 0 Å². The van der Waals surface area contributed by atoms with Crippen LogP contribution < -0.4 is 5.32 Å². The lowest BCUT2D eigenvalue weighted by Crippen LogP contribution is -2.35. The molecular formula is C13H19NO. The highest BCUT2D eigenvalue weighted by Crippen LogP contribution is 2.27. The predicted molar refractivity (Wildman–Crippen MR) is 61.7 cm³/mol. The molecule has 0 aliphatic heterocycles. The Morgan fingerprint density at radius 3 is 2.60 bits per heavy atom. The second-order valence-corrected chi connectivity index (χ2v) is 4.42. The van der Waals surface area contributed by atoms with Crippen LogP contribution in [-0.4, -0.2) is 24.3 Å². The smallest absolute Gasteiger partial charge is 0.0587 e. The van der Waals surface area contributed by atoms with Gasteiger partial charge in [-0.2, -0.15) is 0 Å². The van der Waals surface area contributed by atoms with Gasteiger partial charge in [0.1, 0.15) is 0 Å². The van der Waals surface area contributed by atoms with Crippen LogP contribution in [-0.2, 0) is 6.42 Å². The highest BCUT2D eigenvalue weighted by Gasteiger charge is 2.21. The molecule has 1 aromatic carbocycles. The van der Waals surface area contributed by atoms with Gasteiger partial charge in [0.05, 0.1) is 6.61 Å². The first-order valence-electron chi connectivity index (χ1n) is 5.76. The molecule has 2 N–H and O–H groups in total. The Morgan fingerprint density at radius 1 is 1.27 bits per heavy atom. The van der Waals surface area contributed by atoms with Gasteiger partial charge in [0, 0.05) is 6.04 Å². The lowest BCUT2D eigenvalue weighted by molar-refractivity contribution is 0.240. The molecule has 0 saturated heterocycles. The number of hydrogen-bond donors (Lipinski definition) is 2. The van der Waals surface area contributed by atoms with Gasteiger partial charge in [-0.05, 0) is 37.3 Å². The first-order valence-corrected chi connectivity index (χ1v) is 5.76. The van der Waals surface area contributed by atoms with E-state index in [1.54, 1.807) is 0 Å². The van der Waals surface area contributed by atoms with E-state index in [1.807, 2.05) is 18.2 Å². The van der Waals surface area contributed by atoms with Gasteiger partial charge in [0.2, 0.25) is 0 Å². The average Bonchev–Trinajstić information content (AvgIpc) is 3.09. The van der Waals surface area contributed by atoms with Crippen molar-refractivity contribution < 1.29 is 5.11 Å². The van der Waals surface area contributed by atoms with E-state index in [1.165, 1.54) is 18.4 Å². The molecule has 0 aromatic heterocycles. The third-order valence-electron chi connectivity index (χ3n) is 2.94. The van der Waals surface area contributed by atoms with E-state index in [-0.39, 0.29) is 12.6 Å². The molecule has 0 heterocycles. The molecule has 0 amide bonds. The van der Waals surface area contributed by atoms with Gasteiger partial charge in [-0.25, -0.2) is 0 Å². The average molecular weight is 205 g/mol. The van der Waals surface area contributed by atoms with Gasteiger partial charge >= 0.3 is 0 Å². The minimum Gasteiger partial charge on any atom is -0.395 e. The summed E-state index contributed by atoms with van der Waals surface area (Å²) in [4.78, 5) is 0. The first kappa shape index (κ1) is 10.7. The summed E-state index contributed by atoms with van der Waals surface area (Å²) in [5, 5.41) is 12.7. The number of aliphatic hydroxyl groups is 1. The molecule has 2 rings (SSSR count). The van der Waals surface area contributed by atoms with Crippen LogP contribution in [0.25, 0.3) is 0 Å². The SMILES string of the molecule is OCC(Cc1ccccc1)NCC1CC1. The minimum absolute atomic E-state index is 0.216. The fourth-order valence-electron chi connectivity index (χ4n) is 1.76. The first-order chi connectivity index (χ1) is 7.38. The van der Waals surface area contributed by atoms with Gasteiger partial charge in [-0.15, -0.1) is 0 Å². The number of benzene rings is 1. The number of rotatable bonds is 6. The Morgan fingerprint density at radius 2 is 2.00 bits per heavy atom. The van der Waals surface area contributed by atoms with E-state index in [4.69, 9.17) is 0 Å². The maximum Gasteiger partial charge on any atom is 0.0587 e. The molecule has 2 heteroatoms. The van der Waals surface area contributed by atoms with Crippen molar-refractivity contribution in [2.45, 2.75) is 25.3 Å². The molecule has 0 radical (unpaired) electrons. The topological polar surface area (TPSA) is 32.3 Å². The van der Waals surface area contributed by atoms with Crippen LogP contribution in [0.4, 0.5) is 0 Å². The Bertz CT molecular complexity index is 282. The van der Waals surface area contributed by atoms with Gasteiger partial charge in [-0.1, -0.05) is 30.3 Å². The molecule has 0 bridgehead atoms.